The number of aliphatic hydroxyl groups is 1. The maximum atomic E-state index is 13.2. The molecule has 0 saturated carbocycles. The molecule has 2 aromatic carbocycles. The van der Waals surface area contributed by atoms with Gasteiger partial charge in [0.05, 0.1) is 11.0 Å². The zero-order valence-electron chi connectivity index (χ0n) is 12.3. The number of carbonyl (C=O) groups excluding carboxylic acids is 1. The Hall–Kier alpha value is -2.80. The highest BCUT2D eigenvalue weighted by Crippen LogP contribution is 2.20. The van der Waals surface area contributed by atoms with E-state index in [0.29, 0.717) is 5.56 Å². The van der Waals surface area contributed by atoms with Crippen molar-refractivity contribution in [3.8, 4) is 0 Å². The van der Waals surface area contributed by atoms with E-state index in [0.717, 1.165) is 23.8 Å². The predicted octanol–water partition coefficient (Wildman–Crippen LogP) is 2.51. The first-order valence-electron chi connectivity index (χ1n) is 6.86. The molecule has 1 amide bonds. The third-order valence-corrected chi connectivity index (χ3v) is 3.40. The van der Waals surface area contributed by atoms with E-state index in [1.807, 2.05) is 19.1 Å². The van der Waals surface area contributed by atoms with Gasteiger partial charge in [0.2, 0.25) is 0 Å². The molecule has 0 aromatic heterocycles. The van der Waals surface area contributed by atoms with E-state index in [4.69, 9.17) is 0 Å². The van der Waals surface area contributed by atoms with Gasteiger partial charge in [0.1, 0.15) is 11.4 Å². The summed E-state index contributed by atoms with van der Waals surface area (Å²) in [6.45, 7) is 1.68. The van der Waals surface area contributed by atoms with E-state index in [9.17, 15) is 24.4 Å². The summed E-state index contributed by atoms with van der Waals surface area (Å²) in [4.78, 5) is 22.2. The van der Waals surface area contributed by atoms with Crippen LogP contribution >= 0.6 is 0 Å². The van der Waals surface area contributed by atoms with E-state index < -0.39 is 28.4 Å². The minimum atomic E-state index is -0.965. The fourth-order valence-corrected chi connectivity index (χ4v) is 2.20. The number of aryl methyl sites for hydroxylation is 1. The molecule has 0 aliphatic heterocycles. The number of carbonyl (C=O) groups is 1. The second-order valence-electron chi connectivity index (χ2n) is 5.00. The summed E-state index contributed by atoms with van der Waals surface area (Å²) in [5.74, 6) is -1.57. The molecule has 6 nitrogen and oxygen atoms in total. The molecule has 0 fully saturated rings. The smallest absolute Gasteiger partial charge is 0.282 e. The number of aliphatic hydroxyl groups excluding tert-OH is 1. The number of nitrogens with one attached hydrogen (secondary N) is 1. The Labute approximate surface area is 131 Å². The molecule has 0 aliphatic carbocycles. The summed E-state index contributed by atoms with van der Waals surface area (Å²) in [7, 11) is 0. The maximum absolute atomic E-state index is 13.2. The molecule has 1 atom stereocenters. The second kappa shape index (κ2) is 6.97. The van der Waals surface area contributed by atoms with Gasteiger partial charge in [0, 0.05) is 12.6 Å². The Morgan fingerprint density at radius 1 is 1.35 bits per heavy atom. The van der Waals surface area contributed by atoms with Crippen molar-refractivity contribution in [2.24, 2.45) is 0 Å². The Morgan fingerprint density at radius 2 is 2.04 bits per heavy atom. The highest BCUT2D eigenvalue weighted by molar-refractivity contribution is 5.98. The van der Waals surface area contributed by atoms with Gasteiger partial charge in [-0.05, 0) is 30.2 Å². The molecule has 0 radical (unpaired) electrons. The van der Waals surface area contributed by atoms with Gasteiger partial charge in [-0.2, -0.15) is 0 Å². The average molecular weight is 318 g/mol. The van der Waals surface area contributed by atoms with Gasteiger partial charge in [-0.25, -0.2) is 4.39 Å². The Balaban J connectivity index is 2.13. The molecule has 2 aromatic rings. The molecular weight excluding hydrogens is 303 g/mol. The minimum Gasteiger partial charge on any atom is -0.387 e. The molecule has 0 spiro atoms. The van der Waals surface area contributed by atoms with Crippen LogP contribution in [0.15, 0.2) is 42.5 Å². The van der Waals surface area contributed by atoms with E-state index in [1.54, 1.807) is 12.1 Å². The summed E-state index contributed by atoms with van der Waals surface area (Å²) in [5.41, 5.74) is 0.619. The van der Waals surface area contributed by atoms with Crippen molar-refractivity contribution in [3.63, 3.8) is 0 Å². The zero-order chi connectivity index (χ0) is 17.0. The predicted molar refractivity (Wildman–Crippen MR) is 81.5 cm³/mol. The number of nitrogens with zero attached hydrogens (tertiary/aromatic N) is 1. The zero-order valence-corrected chi connectivity index (χ0v) is 12.3. The number of hydrogen-bond acceptors (Lipinski definition) is 4. The first kappa shape index (κ1) is 16.6. The molecule has 7 heteroatoms. The molecule has 0 bridgehead atoms. The fourth-order valence-electron chi connectivity index (χ4n) is 2.20. The molecule has 1 unspecified atom stereocenters. The number of hydrogen-bond donors (Lipinski definition) is 2. The minimum absolute atomic E-state index is 0.142. The van der Waals surface area contributed by atoms with Gasteiger partial charge in [-0.3, -0.25) is 14.9 Å². The van der Waals surface area contributed by atoms with Gasteiger partial charge < -0.3 is 10.4 Å². The lowest BCUT2D eigenvalue weighted by Gasteiger charge is -2.14. The summed E-state index contributed by atoms with van der Waals surface area (Å²) < 4.78 is 13.2. The number of nitro benzene ring substituents is 1. The maximum Gasteiger partial charge on any atom is 0.282 e. The quantitative estimate of drug-likeness (QED) is 0.654. The molecule has 0 saturated heterocycles. The number of amides is 1. The average Bonchev–Trinajstić information content (AvgIpc) is 2.52. The monoisotopic (exact) mass is 318 g/mol. The third-order valence-electron chi connectivity index (χ3n) is 3.40. The van der Waals surface area contributed by atoms with Crippen molar-refractivity contribution in [1.82, 2.24) is 5.32 Å². The van der Waals surface area contributed by atoms with Crippen molar-refractivity contribution in [1.29, 1.82) is 0 Å². The topological polar surface area (TPSA) is 92.5 Å². The molecular formula is C16H15FN2O4. The normalized spacial score (nSPS) is 11.8. The van der Waals surface area contributed by atoms with Crippen molar-refractivity contribution < 1.29 is 19.2 Å². The molecule has 0 heterocycles. The van der Waals surface area contributed by atoms with E-state index in [1.165, 1.54) is 0 Å². The van der Waals surface area contributed by atoms with E-state index in [2.05, 4.69) is 5.32 Å². The largest absolute Gasteiger partial charge is 0.387 e. The number of benzene rings is 2. The SMILES string of the molecule is Cc1ccccc1C(O)CNC(=O)c1cc(F)ccc1[N+](=O)[O-]. The van der Waals surface area contributed by atoms with Crippen LogP contribution in [0.1, 0.15) is 27.6 Å². The highest BCUT2D eigenvalue weighted by atomic mass is 19.1. The number of rotatable bonds is 5. The van der Waals surface area contributed by atoms with E-state index >= 15 is 0 Å². The lowest BCUT2D eigenvalue weighted by atomic mass is 10.0. The fraction of sp³-hybridized carbons (Fsp3) is 0.188. The van der Waals surface area contributed by atoms with Crippen LogP contribution in [-0.4, -0.2) is 22.5 Å². The standard InChI is InChI=1S/C16H15FN2O4/c1-10-4-2-3-5-12(10)15(20)9-18-16(21)13-8-11(17)6-7-14(13)19(22)23/h2-8,15,20H,9H2,1H3,(H,18,21). The van der Waals surface area contributed by atoms with Gasteiger partial charge in [-0.15, -0.1) is 0 Å². The number of nitro groups is 1. The van der Waals surface area contributed by atoms with Crippen LogP contribution in [0.4, 0.5) is 10.1 Å². The van der Waals surface area contributed by atoms with Crippen molar-refractivity contribution in [2.45, 2.75) is 13.0 Å². The van der Waals surface area contributed by atoms with E-state index in [-0.39, 0.29) is 12.1 Å². The summed E-state index contributed by atoms with van der Waals surface area (Å²) in [6.07, 6.45) is -0.965. The molecule has 120 valence electrons. The van der Waals surface area contributed by atoms with Crippen LogP contribution in [0, 0.1) is 22.9 Å². The van der Waals surface area contributed by atoms with Crippen LogP contribution < -0.4 is 5.32 Å². The highest BCUT2D eigenvalue weighted by Gasteiger charge is 2.21. The van der Waals surface area contributed by atoms with Gasteiger partial charge >= 0.3 is 0 Å². The lowest BCUT2D eigenvalue weighted by molar-refractivity contribution is -0.385. The molecule has 2 rings (SSSR count). The van der Waals surface area contributed by atoms with Crippen molar-refractivity contribution in [3.05, 3.63) is 75.1 Å². The van der Waals surface area contributed by atoms with Crippen LogP contribution in [0.25, 0.3) is 0 Å². The summed E-state index contributed by atoms with van der Waals surface area (Å²) in [5, 5.41) is 23.4. The van der Waals surface area contributed by atoms with Gasteiger partial charge in [0.25, 0.3) is 11.6 Å². The Bertz CT molecular complexity index is 749. The molecule has 0 aliphatic rings. The second-order valence-corrected chi connectivity index (χ2v) is 5.00. The third kappa shape index (κ3) is 3.89. The summed E-state index contributed by atoms with van der Waals surface area (Å²) >= 11 is 0. The van der Waals surface area contributed by atoms with Gasteiger partial charge in [-0.1, -0.05) is 24.3 Å². The Kier molecular flexibility index (Phi) is 5.02. The van der Waals surface area contributed by atoms with Gasteiger partial charge in [0.15, 0.2) is 0 Å². The van der Waals surface area contributed by atoms with Crippen molar-refractivity contribution >= 4 is 11.6 Å². The Morgan fingerprint density at radius 3 is 2.70 bits per heavy atom. The lowest BCUT2D eigenvalue weighted by Crippen LogP contribution is -2.29. The van der Waals surface area contributed by atoms with Crippen LogP contribution in [0.2, 0.25) is 0 Å². The molecule has 23 heavy (non-hydrogen) atoms. The number of halogens is 1. The van der Waals surface area contributed by atoms with Crippen LogP contribution in [-0.2, 0) is 0 Å². The summed E-state index contributed by atoms with van der Waals surface area (Å²) in [6, 6.07) is 9.76. The van der Waals surface area contributed by atoms with Crippen molar-refractivity contribution in [2.75, 3.05) is 6.54 Å². The first-order chi connectivity index (χ1) is 10.9. The van der Waals surface area contributed by atoms with Crippen LogP contribution in [0.3, 0.4) is 0 Å². The molecule has 2 N–H and O–H groups in total. The van der Waals surface area contributed by atoms with Crippen LogP contribution in [0.5, 0.6) is 0 Å². The first-order valence-corrected chi connectivity index (χ1v) is 6.86.